The van der Waals surface area contributed by atoms with Crippen molar-refractivity contribution < 1.29 is 14.3 Å². The lowest BCUT2D eigenvalue weighted by molar-refractivity contribution is 0.0512. The molecule has 1 heterocycles. The van der Waals surface area contributed by atoms with Crippen molar-refractivity contribution in [3.63, 3.8) is 0 Å². The summed E-state index contributed by atoms with van der Waals surface area (Å²) in [6.45, 7) is 4.04. The topological polar surface area (TPSA) is 77.1 Å². The van der Waals surface area contributed by atoms with Gasteiger partial charge in [0.05, 0.1) is 12.7 Å². The van der Waals surface area contributed by atoms with Crippen molar-refractivity contribution in [2.45, 2.75) is 32.8 Å². The lowest BCUT2D eigenvalue weighted by Crippen LogP contribution is -2.08. The van der Waals surface area contributed by atoms with Crippen LogP contribution in [0.3, 0.4) is 0 Å². The summed E-state index contributed by atoms with van der Waals surface area (Å²) < 4.78 is 9.89. The van der Waals surface area contributed by atoms with E-state index in [0.717, 1.165) is 6.42 Å². The first-order valence-corrected chi connectivity index (χ1v) is 5.28. The number of rotatable bonds is 6. The van der Waals surface area contributed by atoms with Gasteiger partial charge in [-0.1, -0.05) is 0 Å². The van der Waals surface area contributed by atoms with Gasteiger partial charge < -0.3 is 9.47 Å². The van der Waals surface area contributed by atoms with Crippen molar-refractivity contribution >= 4 is 5.97 Å². The lowest BCUT2D eigenvalue weighted by Gasteiger charge is -2.06. The zero-order valence-corrected chi connectivity index (χ0v) is 9.82. The number of aromatic nitrogens is 3. The normalized spacial score (nSPS) is 12.4. The summed E-state index contributed by atoms with van der Waals surface area (Å²) in [5.74, 6) is 0.263. The zero-order chi connectivity index (χ0) is 12.0. The Morgan fingerprint density at radius 2 is 2.31 bits per heavy atom. The molecule has 0 saturated carbocycles. The second kappa shape index (κ2) is 6.22. The van der Waals surface area contributed by atoms with E-state index in [2.05, 4.69) is 15.2 Å². The molecule has 6 nitrogen and oxygen atoms in total. The largest absolute Gasteiger partial charge is 0.460 e. The van der Waals surface area contributed by atoms with Crippen LogP contribution in [-0.4, -0.2) is 41.0 Å². The third-order valence-corrected chi connectivity index (χ3v) is 2.18. The molecule has 1 unspecified atom stereocenters. The minimum absolute atomic E-state index is 0.0851. The number of carbonyl (C=O) groups excluding carboxylic acids is 1. The second-order valence-corrected chi connectivity index (χ2v) is 3.41. The Morgan fingerprint density at radius 3 is 2.94 bits per heavy atom. The molecule has 1 atom stereocenters. The van der Waals surface area contributed by atoms with E-state index < -0.39 is 5.97 Å². The number of aryl methyl sites for hydroxylation is 1. The predicted octanol–water partition coefficient (Wildman–Crippen LogP) is 0.949. The molecular formula is C10H17N3O3. The quantitative estimate of drug-likeness (QED) is 0.732. The van der Waals surface area contributed by atoms with Crippen LogP contribution in [0.4, 0.5) is 0 Å². The average molecular weight is 227 g/mol. The van der Waals surface area contributed by atoms with Gasteiger partial charge in [-0.05, 0) is 20.3 Å². The minimum atomic E-state index is -0.496. The van der Waals surface area contributed by atoms with Crippen molar-refractivity contribution in [3.05, 3.63) is 11.6 Å². The van der Waals surface area contributed by atoms with Gasteiger partial charge in [0, 0.05) is 13.5 Å². The fourth-order valence-corrected chi connectivity index (χ4v) is 1.15. The van der Waals surface area contributed by atoms with Crippen LogP contribution in [0, 0.1) is 0 Å². The molecule has 0 aromatic carbocycles. The molecule has 0 aliphatic rings. The maximum atomic E-state index is 11.3. The van der Waals surface area contributed by atoms with Crippen molar-refractivity contribution in [3.8, 4) is 0 Å². The Balaban J connectivity index is 2.48. The number of nitrogens with zero attached hydrogens (tertiary/aromatic N) is 2. The summed E-state index contributed by atoms with van der Waals surface area (Å²) in [6.07, 6.45) is 1.69. The molecule has 6 heteroatoms. The lowest BCUT2D eigenvalue weighted by atomic mass is 10.2. The van der Waals surface area contributed by atoms with Crippen LogP contribution in [0.2, 0.25) is 0 Å². The maximum absolute atomic E-state index is 11.3. The predicted molar refractivity (Wildman–Crippen MR) is 57.1 cm³/mol. The van der Waals surface area contributed by atoms with Crippen LogP contribution in [-0.2, 0) is 15.9 Å². The van der Waals surface area contributed by atoms with E-state index in [9.17, 15) is 4.79 Å². The molecule has 16 heavy (non-hydrogen) atoms. The first kappa shape index (κ1) is 12.6. The molecule has 90 valence electrons. The average Bonchev–Trinajstić information content (AvgIpc) is 2.75. The van der Waals surface area contributed by atoms with Gasteiger partial charge in [-0.25, -0.2) is 9.78 Å². The van der Waals surface area contributed by atoms with Crippen LogP contribution in [0.1, 0.15) is 36.7 Å². The minimum Gasteiger partial charge on any atom is -0.460 e. The van der Waals surface area contributed by atoms with Crippen LogP contribution in [0.5, 0.6) is 0 Å². The number of H-pyrrole nitrogens is 1. The molecule has 1 aromatic heterocycles. The molecule has 0 radical (unpaired) electrons. The fourth-order valence-electron chi connectivity index (χ4n) is 1.15. The van der Waals surface area contributed by atoms with Gasteiger partial charge in [0.1, 0.15) is 5.82 Å². The van der Waals surface area contributed by atoms with Crippen molar-refractivity contribution in [2.24, 2.45) is 0 Å². The summed E-state index contributed by atoms with van der Waals surface area (Å²) in [7, 11) is 1.66. The van der Waals surface area contributed by atoms with Gasteiger partial charge in [-0.3, -0.25) is 5.10 Å². The first-order chi connectivity index (χ1) is 7.67. The monoisotopic (exact) mass is 227 g/mol. The molecule has 0 saturated heterocycles. The number of ether oxygens (including phenoxy) is 2. The Hall–Kier alpha value is -1.43. The summed E-state index contributed by atoms with van der Waals surface area (Å²) in [4.78, 5) is 15.3. The summed E-state index contributed by atoms with van der Waals surface area (Å²) in [5, 5.41) is 6.49. The third-order valence-electron chi connectivity index (χ3n) is 2.18. The van der Waals surface area contributed by atoms with Gasteiger partial charge in [-0.2, -0.15) is 0 Å². The van der Waals surface area contributed by atoms with E-state index in [1.165, 1.54) is 0 Å². The Kier molecular flexibility index (Phi) is 4.91. The number of hydrogen-bond acceptors (Lipinski definition) is 5. The number of methoxy groups -OCH3 is 1. The highest BCUT2D eigenvalue weighted by Gasteiger charge is 2.13. The highest BCUT2D eigenvalue weighted by Crippen LogP contribution is 2.03. The van der Waals surface area contributed by atoms with E-state index in [-0.39, 0.29) is 11.9 Å². The zero-order valence-electron chi connectivity index (χ0n) is 9.82. The van der Waals surface area contributed by atoms with Gasteiger partial charge >= 0.3 is 5.97 Å². The van der Waals surface area contributed by atoms with Crippen molar-refractivity contribution in [1.82, 2.24) is 15.2 Å². The van der Waals surface area contributed by atoms with E-state index in [1.54, 1.807) is 14.0 Å². The van der Waals surface area contributed by atoms with E-state index in [1.807, 2.05) is 6.92 Å². The Labute approximate surface area is 94.4 Å². The number of hydrogen-bond donors (Lipinski definition) is 1. The van der Waals surface area contributed by atoms with E-state index in [4.69, 9.17) is 9.47 Å². The van der Waals surface area contributed by atoms with Crippen LogP contribution in [0.15, 0.2) is 0 Å². The number of esters is 1. The van der Waals surface area contributed by atoms with Crippen molar-refractivity contribution in [1.29, 1.82) is 0 Å². The first-order valence-electron chi connectivity index (χ1n) is 5.28. The summed E-state index contributed by atoms with van der Waals surface area (Å²) >= 11 is 0. The van der Waals surface area contributed by atoms with Crippen molar-refractivity contribution in [2.75, 3.05) is 13.7 Å². The molecule has 0 aliphatic heterocycles. The SMILES string of the molecule is CCOC(=O)c1n[nH]c(CCC(C)OC)n1. The Bertz CT molecular complexity index is 338. The molecule has 0 bridgehead atoms. The molecule has 0 spiro atoms. The summed E-state index contributed by atoms with van der Waals surface area (Å²) in [6, 6.07) is 0. The van der Waals surface area contributed by atoms with Crippen LogP contribution < -0.4 is 0 Å². The fraction of sp³-hybridized carbons (Fsp3) is 0.700. The smallest absolute Gasteiger partial charge is 0.378 e. The van der Waals surface area contributed by atoms with Crippen LogP contribution >= 0.6 is 0 Å². The molecule has 0 amide bonds. The number of carbonyl (C=O) groups is 1. The Morgan fingerprint density at radius 1 is 1.56 bits per heavy atom. The summed E-state index contributed by atoms with van der Waals surface area (Å²) in [5.41, 5.74) is 0. The van der Waals surface area contributed by atoms with Gasteiger partial charge in [0.25, 0.3) is 5.82 Å². The van der Waals surface area contributed by atoms with E-state index >= 15 is 0 Å². The van der Waals surface area contributed by atoms with Gasteiger partial charge in [0.15, 0.2) is 0 Å². The number of aromatic amines is 1. The molecule has 1 aromatic rings. The van der Waals surface area contributed by atoms with E-state index in [0.29, 0.717) is 18.9 Å². The molecule has 0 aliphatic carbocycles. The van der Waals surface area contributed by atoms with Gasteiger partial charge in [-0.15, -0.1) is 5.10 Å². The molecule has 1 rings (SSSR count). The molecule has 0 fully saturated rings. The highest BCUT2D eigenvalue weighted by atomic mass is 16.5. The molecule has 1 N–H and O–H groups in total. The van der Waals surface area contributed by atoms with Crippen LogP contribution in [0.25, 0.3) is 0 Å². The number of nitrogens with one attached hydrogen (secondary N) is 1. The third kappa shape index (κ3) is 3.62. The standard InChI is InChI=1S/C10H17N3O3/c1-4-16-10(14)9-11-8(12-13-9)6-5-7(2)15-3/h7H,4-6H2,1-3H3,(H,11,12,13). The second-order valence-electron chi connectivity index (χ2n) is 3.41. The molecular weight excluding hydrogens is 210 g/mol. The van der Waals surface area contributed by atoms with Gasteiger partial charge in [0.2, 0.25) is 0 Å². The maximum Gasteiger partial charge on any atom is 0.378 e. The highest BCUT2D eigenvalue weighted by molar-refractivity contribution is 5.84.